The number of carbonyl (C=O) groups excluding carboxylic acids is 1. The maximum Gasteiger partial charge on any atom is 0.279 e. The summed E-state index contributed by atoms with van der Waals surface area (Å²) >= 11 is 0. The third-order valence-corrected chi connectivity index (χ3v) is 5.17. The molecule has 1 aromatic carbocycles. The molecule has 0 fully saturated rings. The van der Waals surface area contributed by atoms with Gasteiger partial charge in [-0.15, -0.1) is 0 Å². The van der Waals surface area contributed by atoms with E-state index in [-0.39, 0.29) is 23.4 Å². The van der Waals surface area contributed by atoms with Crippen LogP contribution in [0.5, 0.6) is 0 Å². The second-order valence-electron chi connectivity index (χ2n) is 7.04. The summed E-state index contributed by atoms with van der Waals surface area (Å²) in [6.45, 7) is 0.975. The molecule has 4 aromatic rings. The van der Waals surface area contributed by atoms with Crippen LogP contribution in [0.2, 0.25) is 0 Å². The number of aryl methyl sites for hydroxylation is 1. The van der Waals surface area contributed by atoms with Gasteiger partial charge in [0.15, 0.2) is 5.69 Å². The minimum Gasteiger partial charge on any atom is -0.334 e. The summed E-state index contributed by atoms with van der Waals surface area (Å²) in [5, 5.41) is 8.53. The summed E-state index contributed by atoms with van der Waals surface area (Å²) in [6.07, 6.45) is 3.87. The minimum absolute atomic E-state index is 0.0659. The molecule has 1 aliphatic rings. The molecular weight excluding hydrogens is 387 g/mol. The van der Waals surface area contributed by atoms with Gasteiger partial charge in [0.2, 0.25) is 5.82 Å². The maximum atomic E-state index is 13.5. The predicted octanol–water partition coefficient (Wildman–Crippen LogP) is 2.87. The standard InChI is InChI=1S/C21H17FN6O2/c1-27-17-7-10-28(21(29)13-5-8-23-9-6-13)12-16(17)18(25-27)20-24-19(26-30-20)14-3-2-4-15(22)11-14/h2-6,8-9,11H,7,10,12H2,1H3. The number of hydrogen-bond donors (Lipinski definition) is 0. The molecule has 0 aliphatic carbocycles. The van der Waals surface area contributed by atoms with Crippen LogP contribution in [0.25, 0.3) is 23.0 Å². The van der Waals surface area contributed by atoms with Crippen molar-refractivity contribution in [2.75, 3.05) is 6.54 Å². The first kappa shape index (κ1) is 18.2. The molecule has 5 rings (SSSR count). The van der Waals surface area contributed by atoms with Gasteiger partial charge in [0.25, 0.3) is 11.8 Å². The smallest absolute Gasteiger partial charge is 0.279 e. The first-order valence-corrected chi connectivity index (χ1v) is 9.44. The summed E-state index contributed by atoms with van der Waals surface area (Å²) in [5.41, 5.74) is 3.54. The second-order valence-corrected chi connectivity index (χ2v) is 7.04. The molecular formula is C21H17FN6O2. The number of fused-ring (bicyclic) bond motifs is 1. The van der Waals surface area contributed by atoms with Gasteiger partial charge in [-0.1, -0.05) is 17.3 Å². The van der Waals surface area contributed by atoms with E-state index in [1.54, 1.807) is 46.2 Å². The van der Waals surface area contributed by atoms with E-state index in [0.717, 1.165) is 11.3 Å². The summed E-state index contributed by atoms with van der Waals surface area (Å²) in [7, 11) is 1.85. The number of rotatable bonds is 3. The summed E-state index contributed by atoms with van der Waals surface area (Å²) in [4.78, 5) is 23.0. The molecule has 0 spiro atoms. The van der Waals surface area contributed by atoms with Crippen molar-refractivity contribution < 1.29 is 13.7 Å². The number of pyridine rings is 1. The lowest BCUT2D eigenvalue weighted by Gasteiger charge is -2.27. The molecule has 9 heteroatoms. The van der Waals surface area contributed by atoms with Gasteiger partial charge >= 0.3 is 0 Å². The zero-order valence-corrected chi connectivity index (χ0v) is 16.1. The van der Waals surface area contributed by atoms with Crippen LogP contribution in [0.4, 0.5) is 4.39 Å². The van der Waals surface area contributed by atoms with Gasteiger partial charge < -0.3 is 9.42 Å². The summed E-state index contributed by atoms with van der Waals surface area (Å²) < 4.78 is 20.7. The first-order chi connectivity index (χ1) is 14.6. The van der Waals surface area contributed by atoms with Crippen molar-refractivity contribution in [2.45, 2.75) is 13.0 Å². The lowest BCUT2D eigenvalue weighted by Crippen LogP contribution is -2.36. The predicted molar refractivity (Wildman–Crippen MR) is 105 cm³/mol. The van der Waals surface area contributed by atoms with E-state index in [0.29, 0.717) is 36.3 Å². The molecule has 30 heavy (non-hydrogen) atoms. The third kappa shape index (κ3) is 3.14. The topological polar surface area (TPSA) is 89.9 Å². The zero-order valence-electron chi connectivity index (χ0n) is 16.1. The molecule has 0 atom stereocenters. The highest BCUT2D eigenvalue weighted by Gasteiger charge is 2.30. The van der Waals surface area contributed by atoms with Crippen molar-refractivity contribution in [3.8, 4) is 23.0 Å². The third-order valence-electron chi connectivity index (χ3n) is 5.17. The molecule has 1 aliphatic heterocycles. The fraction of sp³-hybridized carbons (Fsp3) is 0.190. The van der Waals surface area contributed by atoms with Gasteiger partial charge in [-0.3, -0.25) is 14.5 Å². The molecule has 0 saturated carbocycles. The van der Waals surface area contributed by atoms with Crippen molar-refractivity contribution in [1.82, 2.24) is 29.8 Å². The van der Waals surface area contributed by atoms with Crippen molar-refractivity contribution >= 4 is 5.91 Å². The monoisotopic (exact) mass is 404 g/mol. The van der Waals surface area contributed by atoms with Gasteiger partial charge in [0.05, 0.1) is 6.54 Å². The number of amides is 1. The quantitative estimate of drug-likeness (QED) is 0.522. The van der Waals surface area contributed by atoms with Crippen LogP contribution in [-0.2, 0) is 20.0 Å². The van der Waals surface area contributed by atoms with Gasteiger partial charge in [0.1, 0.15) is 5.82 Å². The Morgan fingerprint density at radius 3 is 2.83 bits per heavy atom. The SMILES string of the molecule is Cn1nc(-c2nc(-c3cccc(F)c3)no2)c2c1CCN(C(=O)c1ccncc1)C2. The molecule has 0 saturated heterocycles. The van der Waals surface area contributed by atoms with Gasteiger partial charge in [-0.2, -0.15) is 10.1 Å². The molecule has 0 radical (unpaired) electrons. The van der Waals surface area contributed by atoms with Crippen molar-refractivity contribution in [3.63, 3.8) is 0 Å². The second kappa shape index (κ2) is 7.18. The molecule has 3 aromatic heterocycles. The van der Waals surface area contributed by atoms with Gasteiger partial charge in [-0.05, 0) is 24.3 Å². The van der Waals surface area contributed by atoms with Crippen molar-refractivity contribution in [1.29, 1.82) is 0 Å². The van der Waals surface area contributed by atoms with E-state index in [2.05, 4.69) is 20.2 Å². The Kier molecular flexibility index (Phi) is 4.35. The Hall–Kier alpha value is -3.88. The maximum absolute atomic E-state index is 13.5. The lowest BCUT2D eigenvalue weighted by atomic mass is 10.0. The van der Waals surface area contributed by atoms with E-state index in [4.69, 9.17) is 4.52 Å². The van der Waals surface area contributed by atoms with E-state index in [1.165, 1.54) is 12.1 Å². The van der Waals surface area contributed by atoms with E-state index < -0.39 is 0 Å². The fourth-order valence-electron chi connectivity index (χ4n) is 3.68. The number of halogens is 1. The molecule has 0 N–H and O–H groups in total. The van der Waals surface area contributed by atoms with Crippen LogP contribution in [0.3, 0.4) is 0 Å². The average Bonchev–Trinajstić information content (AvgIpc) is 3.39. The molecule has 4 heterocycles. The van der Waals surface area contributed by atoms with E-state index in [1.807, 2.05) is 7.05 Å². The number of nitrogens with zero attached hydrogens (tertiary/aromatic N) is 6. The number of hydrogen-bond acceptors (Lipinski definition) is 6. The first-order valence-electron chi connectivity index (χ1n) is 9.44. The van der Waals surface area contributed by atoms with Crippen LogP contribution in [0.1, 0.15) is 21.6 Å². The lowest BCUT2D eigenvalue weighted by molar-refractivity contribution is 0.0733. The number of aromatic nitrogens is 5. The highest BCUT2D eigenvalue weighted by Crippen LogP contribution is 2.30. The Morgan fingerprint density at radius 1 is 1.20 bits per heavy atom. The Balaban J connectivity index is 1.47. The minimum atomic E-state index is -0.376. The van der Waals surface area contributed by atoms with Gasteiger partial charge in [-0.25, -0.2) is 4.39 Å². The molecule has 1 amide bonds. The van der Waals surface area contributed by atoms with Crippen LogP contribution in [0, 0.1) is 5.82 Å². The van der Waals surface area contributed by atoms with Crippen LogP contribution in [0.15, 0.2) is 53.3 Å². The Morgan fingerprint density at radius 2 is 2.03 bits per heavy atom. The average molecular weight is 404 g/mol. The summed E-state index contributed by atoms with van der Waals surface area (Å²) in [5.74, 6) is 0.0805. The summed E-state index contributed by atoms with van der Waals surface area (Å²) in [6, 6.07) is 9.40. The van der Waals surface area contributed by atoms with Crippen LogP contribution >= 0.6 is 0 Å². The molecule has 8 nitrogen and oxygen atoms in total. The van der Waals surface area contributed by atoms with Crippen molar-refractivity contribution in [3.05, 3.63) is 71.4 Å². The van der Waals surface area contributed by atoms with E-state index in [9.17, 15) is 9.18 Å². The Labute approximate surface area is 171 Å². The molecule has 0 bridgehead atoms. The van der Waals surface area contributed by atoms with Crippen molar-refractivity contribution in [2.24, 2.45) is 7.05 Å². The Bertz CT molecular complexity index is 1230. The fourth-order valence-corrected chi connectivity index (χ4v) is 3.68. The molecule has 150 valence electrons. The highest BCUT2D eigenvalue weighted by molar-refractivity contribution is 5.94. The largest absolute Gasteiger partial charge is 0.334 e. The number of carbonyl (C=O) groups is 1. The number of benzene rings is 1. The normalized spacial score (nSPS) is 13.3. The van der Waals surface area contributed by atoms with Crippen LogP contribution < -0.4 is 0 Å². The highest BCUT2D eigenvalue weighted by atomic mass is 19.1. The zero-order chi connectivity index (χ0) is 20.7. The molecule has 0 unspecified atom stereocenters. The van der Waals surface area contributed by atoms with E-state index >= 15 is 0 Å². The van der Waals surface area contributed by atoms with Gasteiger partial charge in [0, 0.05) is 54.8 Å². The van der Waals surface area contributed by atoms with Crippen LogP contribution in [-0.4, -0.2) is 42.3 Å².